The van der Waals surface area contributed by atoms with Crippen LogP contribution in [0.2, 0.25) is 0 Å². The summed E-state index contributed by atoms with van der Waals surface area (Å²) < 4.78 is 0. The van der Waals surface area contributed by atoms with Crippen molar-refractivity contribution in [3.8, 4) is 0 Å². The van der Waals surface area contributed by atoms with Crippen LogP contribution in [-0.2, 0) is 0 Å². The minimum absolute atomic E-state index is 0.00415. The van der Waals surface area contributed by atoms with Crippen molar-refractivity contribution in [3.05, 3.63) is 0 Å². The average molecular weight is 217 g/mol. The van der Waals surface area contributed by atoms with E-state index >= 15 is 0 Å². The van der Waals surface area contributed by atoms with E-state index in [2.05, 4.69) is 0 Å². The van der Waals surface area contributed by atoms with E-state index in [-0.39, 0.29) is 31.3 Å². The molecule has 2 rings (SSSR count). The third-order valence-corrected chi connectivity index (χ3v) is 3.76. The number of hydrogen-bond acceptors (Lipinski definition) is 5. The van der Waals surface area contributed by atoms with Gasteiger partial charge >= 0.3 is 0 Å². The van der Waals surface area contributed by atoms with Crippen molar-refractivity contribution in [3.63, 3.8) is 0 Å². The maximum Gasteiger partial charge on any atom is 0.0970 e. The standard InChI is InChI=1S/C10H19NO4/c12-4-3-8-10(15)9(14)7-2-1-6(5-13)11(7)8/h6-10,12-15H,1-5H2/t6-,7+,8+,9+,10+/m1/s1. The van der Waals surface area contributed by atoms with Crippen LogP contribution in [0.25, 0.3) is 0 Å². The Morgan fingerprint density at radius 1 is 1.07 bits per heavy atom. The highest BCUT2D eigenvalue weighted by Crippen LogP contribution is 2.38. The number of nitrogens with zero attached hydrogens (tertiary/aromatic N) is 1. The zero-order valence-corrected chi connectivity index (χ0v) is 8.66. The molecule has 0 radical (unpaired) electrons. The van der Waals surface area contributed by atoms with Crippen molar-refractivity contribution in [2.24, 2.45) is 0 Å². The van der Waals surface area contributed by atoms with Crippen molar-refractivity contribution in [2.45, 2.75) is 49.6 Å². The third-order valence-electron chi connectivity index (χ3n) is 3.76. The molecule has 2 saturated heterocycles. The summed E-state index contributed by atoms with van der Waals surface area (Å²) in [5.74, 6) is 0. The maximum atomic E-state index is 9.82. The largest absolute Gasteiger partial charge is 0.396 e. The molecular weight excluding hydrogens is 198 g/mol. The molecule has 2 aliphatic rings. The monoisotopic (exact) mass is 217 g/mol. The van der Waals surface area contributed by atoms with Crippen LogP contribution in [-0.4, -0.2) is 68.9 Å². The van der Waals surface area contributed by atoms with Crippen molar-refractivity contribution < 1.29 is 20.4 Å². The molecule has 4 N–H and O–H groups in total. The Morgan fingerprint density at radius 2 is 1.80 bits per heavy atom. The second-order valence-corrected chi connectivity index (χ2v) is 4.49. The summed E-state index contributed by atoms with van der Waals surface area (Å²) in [6.45, 7) is 0.0493. The van der Waals surface area contributed by atoms with Gasteiger partial charge in [0, 0.05) is 24.7 Å². The molecule has 88 valence electrons. The topological polar surface area (TPSA) is 84.2 Å². The van der Waals surface area contributed by atoms with Crippen LogP contribution in [0.1, 0.15) is 19.3 Å². The van der Waals surface area contributed by atoms with Gasteiger partial charge in [0.1, 0.15) is 0 Å². The van der Waals surface area contributed by atoms with Crippen LogP contribution in [0.5, 0.6) is 0 Å². The summed E-state index contributed by atoms with van der Waals surface area (Å²) in [6.07, 6.45) is 0.582. The van der Waals surface area contributed by atoms with Gasteiger partial charge in [0.15, 0.2) is 0 Å². The lowest BCUT2D eigenvalue weighted by Crippen LogP contribution is -2.43. The first-order chi connectivity index (χ1) is 7.20. The average Bonchev–Trinajstić information content (AvgIpc) is 2.75. The SMILES string of the molecule is OCC[C@H]1[C@H](O)[C@@H](O)[C@@H]2CC[C@H](CO)N12. The lowest BCUT2D eigenvalue weighted by atomic mass is 10.0. The molecule has 0 aromatic heterocycles. The molecule has 0 unspecified atom stereocenters. The van der Waals surface area contributed by atoms with Crippen LogP contribution in [0.4, 0.5) is 0 Å². The minimum Gasteiger partial charge on any atom is -0.396 e. The van der Waals surface area contributed by atoms with Crippen LogP contribution < -0.4 is 0 Å². The minimum atomic E-state index is -0.795. The number of aliphatic hydroxyl groups excluding tert-OH is 4. The molecule has 0 bridgehead atoms. The van der Waals surface area contributed by atoms with Crippen LogP contribution in [0.15, 0.2) is 0 Å². The van der Waals surface area contributed by atoms with E-state index in [1.165, 1.54) is 0 Å². The smallest absolute Gasteiger partial charge is 0.0970 e. The fourth-order valence-electron chi connectivity index (χ4n) is 3.07. The first kappa shape index (κ1) is 11.3. The molecule has 5 nitrogen and oxygen atoms in total. The Hall–Kier alpha value is -0.200. The van der Waals surface area contributed by atoms with Crippen LogP contribution in [0.3, 0.4) is 0 Å². The van der Waals surface area contributed by atoms with E-state index in [4.69, 9.17) is 5.11 Å². The Kier molecular flexibility index (Phi) is 3.27. The molecule has 5 atom stereocenters. The van der Waals surface area contributed by atoms with Crippen LogP contribution >= 0.6 is 0 Å². The van der Waals surface area contributed by atoms with Crippen molar-refractivity contribution >= 4 is 0 Å². The summed E-state index contributed by atoms with van der Waals surface area (Å²) >= 11 is 0. The number of hydrogen-bond donors (Lipinski definition) is 4. The van der Waals surface area contributed by atoms with Gasteiger partial charge in [-0.25, -0.2) is 0 Å². The molecular formula is C10H19NO4. The zero-order valence-electron chi connectivity index (χ0n) is 8.66. The molecule has 0 saturated carbocycles. The van der Waals surface area contributed by atoms with Gasteiger partial charge < -0.3 is 20.4 Å². The predicted octanol–water partition coefficient (Wildman–Crippen LogP) is -1.70. The summed E-state index contributed by atoms with van der Waals surface area (Å²) in [7, 11) is 0. The zero-order chi connectivity index (χ0) is 11.0. The van der Waals surface area contributed by atoms with E-state index in [0.717, 1.165) is 12.8 Å². The third kappa shape index (κ3) is 1.68. The second-order valence-electron chi connectivity index (χ2n) is 4.49. The highest BCUT2D eigenvalue weighted by atomic mass is 16.3. The van der Waals surface area contributed by atoms with Gasteiger partial charge in [0.05, 0.1) is 18.8 Å². The molecule has 0 amide bonds. The van der Waals surface area contributed by atoms with E-state index in [9.17, 15) is 15.3 Å². The molecule has 2 aliphatic heterocycles. The lowest BCUT2D eigenvalue weighted by Gasteiger charge is -2.29. The van der Waals surface area contributed by atoms with Crippen molar-refractivity contribution in [1.82, 2.24) is 4.90 Å². The normalized spacial score (nSPS) is 46.0. The summed E-state index contributed by atoms with van der Waals surface area (Å²) in [5.41, 5.74) is 0. The Morgan fingerprint density at radius 3 is 2.40 bits per heavy atom. The molecule has 5 heteroatoms. The molecule has 2 fully saturated rings. The maximum absolute atomic E-state index is 9.82. The highest BCUT2D eigenvalue weighted by molar-refractivity contribution is 5.06. The predicted molar refractivity (Wildman–Crippen MR) is 53.2 cm³/mol. The van der Waals surface area contributed by atoms with Gasteiger partial charge in [-0.15, -0.1) is 0 Å². The molecule has 0 spiro atoms. The van der Waals surface area contributed by atoms with E-state index in [0.29, 0.717) is 6.42 Å². The molecule has 0 aromatic rings. The highest BCUT2D eigenvalue weighted by Gasteiger charge is 2.52. The lowest BCUT2D eigenvalue weighted by molar-refractivity contribution is 0.0194. The number of aliphatic hydroxyl groups is 4. The molecule has 0 aliphatic carbocycles. The summed E-state index contributed by atoms with van der Waals surface area (Å²) in [6, 6.07) is -0.235. The van der Waals surface area contributed by atoms with Crippen molar-refractivity contribution in [2.75, 3.05) is 13.2 Å². The van der Waals surface area contributed by atoms with Gasteiger partial charge in [-0.2, -0.15) is 0 Å². The van der Waals surface area contributed by atoms with Gasteiger partial charge in [-0.05, 0) is 19.3 Å². The quantitative estimate of drug-likeness (QED) is 0.453. The Labute approximate surface area is 88.9 Å². The van der Waals surface area contributed by atoms with Crippen LogP contribution in [0, 0.1) is 0 Å². The molecule has 0 aromatic carbocycles. The summed E-state index contributed by atoms with van der Waals surface area (Å²) in [5, 5.41) is 37.8. The fraction of sp³-hybridized carbons (Fsp3) is 1.00. The van der Waals surface area contributed by atoms with Gasteiger partial charge in [0.2, 0.25) is 0 Å². The molecule has 2 heterocycles. The Balaban J connectivity index is 2.15. The van der Waals surface area contributed by atoms with Crippen molar-refractivity contribution in [1.29, 1.82) is 0 Å². The first-order valence-electron chi connectivity index (χ1n) is 5.56. The van der Waals surface area contributed by atoms with E-state index in [1.807, 2.05) is 4.90 Å². The first-order valence-corrected chi connectivity index (χ1v) is 5.56. The van der Waals surface area contributed by atoms with E-state index < -0.39 is 12.2 Å². The second kappa shape index (κ2) is 4.35. The Bertz CT molecular complexity index is 225. The summed E-state index contributed by atoms with van der Waals surface area (Å²) in [4.78, 5) is 1.99. The van der Waals surface area contributed by atoms with Gasteiger partial charge in [-0.1, -0.05) is 0 Å². The van der Waals surface area contributed by atoms with E-state index in [1.54, 1.807) is 0 Å². The molecule has 15 heavy (non-hydrogen) atoms. The van der Waals surface area contributed by atoms with Gasteiger partial charge in [-0.3, -0.25) is 4.90 Å². The van der Waals surface area contributed by atoms with Gasteiger partial charge in [0.25, 0.3) is 0 Å². The fourth-order valence-corrected chi connectivity index (χ4v) is 3.07. The number of fused-ring (bicyclic) bond motifs is 1. The number of rotatable bonds is 3.